The van der Waals surface area contributed by atoms with Gasteiger partial charge in [-0.05, 0) is 36.6 Å². The maximum absolute atomic E-state index is 12.0. The molecule has 0 saturated carbocycles. The van der Waals surface area contributed by atoms with E-state index in [2.05, 4.69) is 17.0 Å². The number of rotatable bonds is 3. The van der Waals surface area contributed by atoms with Crippen LogP contribution in [0.1, 0.15) is 12.0 Å². The second kappa shape index (κ2) is 4.52. The highest BCUT2D eigenvalue weighted by molar-refractivity contribution is 5.83. The molecule has 4 heteroatoms. The Morgan fingerprint density at radius 2 is 2.17 bits per heavy atom. The van der Waals surface area contributed by atoms with Crippen LogP contribution in [0.25, 0.3) is 0 Å². The van der Waals surface area contributed by atoms with E-state index < -0.39 is 0 Å². The maximum Gasteiger partial charge on any atom is 0.242 e. The summed E-state index contributed by atoms with van der Waals surface area (Å²) >= 11 is 0. The molecular formula is C14H18N2O2. The van der Waals surface area contributed by atoms with Crippen LogP contribution in [0.3, 0.4) is 0 Å². The smallest absolute Gasteiger partial charge is 0.242 e. The summed E-state index contributed by atoms with van der Waals surface area (Å²) < 4.78 is 5.23. The first-order valence-electron chi connectivity index (χ1n) is 6.47. The van der Waals surface area contributed by atoms with Gasteiger partial charge in [0.15, 0.2) is 0 Å². The summed E-state index contributed by atoms with van der Waals surface area (Å²) in [6, 6.07) is 6.10. The van der Waals surface area contributed by atoms with Crippen LogP contribution < -0.4 is 9.64 Å². The van der Waals surface area contributed by atoms with Gasteiger partial charge in [-0.1, -0.05) is 0 Å². The summed E-state index contributed by atoms with van der Waals surface area (Å²) in [4.78, 5) is 16.1. The number of anilines is 1. The molecular weight excluding hydrogens is 228 g/mol. The SMILES string of the molecule is COc1ccc2c(c1)CCN2CC(=O)N1CCC1. The normalized spacial score (nSPS) is 17.4. The third-order valence-electron chi connectivity index (χ3n) is 3.81. The number of amides is 1. The van der Waals surface area contributed by atoms with Crippen LogP contribution in [0.2, 0.25) is 0 Å². The molecule has 4 nitrogen and oxygen atoms in total. The minimum Gasteiger partial charge on any atom is -0.497 e. The van der Waals surface area contributed by atoms with Crippen molar-refractivity contribution < 1.29 is 9.53 Å². The van der Waals surface area contributed by atoms with E-state index in [1.807, 2.05) is 11.0 Å². The van der Waals surface area contributed by atoms with Crippen molar-refractivity contribution in [3.05, 3.63) is 23.8 Å². The van der Waals surface area contributed by atoms with E-state index >= 15 is 0 Å². The van der Waals surface area contributed by atoms with E-state index in [4.69, 9.17) is 4.74 Å². The molecule has 0 spiro atoms. The molecule has 2 aliphatic heterocycles. The fourth-order valence-electron chi connectivity index (χ4n) is 2.57. The molecule has 1 fully saturated rings. The topological polar surface area (TPSA) is 32.8 Å². The molecule has 0 bridgehead atoms. The Morgan fingerprint density at radius 1 is 1.33 bits per heavy atom. The van der Waals surface area contributed by atoms with Crippen LogP contribution >= 0.6 is 0 Å². The summed E-state index contributed by atoms with van der Waals surface area (Å²) in [6.45, 7) is 3.31. The van der Waals surface area contributed by atoms with Gasteiger partial charge in [-0.15, -0.1) is 0 Å². The molecule has 1 saturated heterocycles. The van der Waals surface area contributed by atoms with Gasteiger partial charge >= 0.3 is 0 Å². The molecule has 1 aromatic rings. The van der Waals surface area contributed by atoms with E-state index in [-0.39, 0.29) is 5.91 Å². The van der Waals surface area contributed by atoms with Crippen LogP contribution in [0.15, 0.2) is 18.2 Å². The second-order valence-electron chi connectivity index (χ2n) is 4.90. The highest BCUT2D eigenvalue weighted by atomic mass is 16.5. The number of ether oxygens (including phenoxy) is 1. The van der Waals surface area contributed by atoms with E-state index in [1.165, 1.54) is 11.3 Å². The largest absolute Gasteiger partial charge is 0.497 e. The maximum atomic E-state index is 12.0. The molecule has 96 valence electrons. The van der Waals surface area contributed by atoms with Crippen LogP contribution in [0, 0.1) is 0 Å². The number of benzene rings is 1. The molecule has 1 amide bonds. The number of likely N-dealkylation sites (tertiary alicyclic amines) is 1. The van der Waals surface area contributed by atoms with E-state index in [0.29, 0.717) is 6.54 Å². The number of carbonyl (C=O) groups excluding carboxylic acids is 1. The van der Waals surface area contributed by atoms with Gasteiger partial charge in [0.25, 0.3) is 0 Å². The number of nitrogens with zero attached hydrogens (tertiary/aromatic N) is 2. The van der Waals surface area contributed by atoms with Crippen molar-refractivity contribution in [1.82, 2.24) is 4.90 Å². The van der Waals surface area contributed by atoms with Crippen LogP contribution in [-0.4, -0.2) is 44.1 Å². The van der Waals surface area contributed by atoms with Gasteiger partial charge in [0.05, 0.1) is 13.7 Å². The lowest BCUT2D eigenvalue weighted by atomic mass is 10.1. The van der Waals surface area contributed by atoms with Gasteiger partial charge in [0, 0.05) is 25.3 Å². The third kappa shape index (κ3) is 1.92. The fourth-order valence-corrected chi connectivity index (χ4v) is 2.57. The van der Waals surface area contributed by atoms with Crippen molar-refractivity contribution in [2.75, 3.05) is 38.2 Å². The lowest BCUT2D eigenvalue weighted by molar-refractivity contribution is -0.133. The summed E-state index contributed by atoms with van der Waals surface area (Å²) in [5.74, 6) is 1.15. The van der Waals surface area contributed by atoms with Gasteiger partial charge in [-0.2, -0.15) is 0 Å². The Kier molecular flexibility index (Phi) is 2.86. The molecule has 2 heterocycles. The Bertz CT molecular complexity index is 469. The third-order valence-corrected chi connectivity index (χ3v) is 3.81. The fraction of sp³-hybridized carbons (Fsp3) is 0.500. The summed E-state index contributed by atoms with van der Waals surface area (Å²) in [7, 11) is 1.68. The van der Waals surface area contributed by atoms with Crippen molar-refractivity contribution in [1.29, 1.82) is 0 Å². The predicted molar refractivity (Wildman–Crippen MR) is 70.1 cm³/mol. The average molecular weight is 246 g/mol. The summed E-state index contributed by atoms with van der Waals surface area (Å²) in [5, 5.41) is 0. The quantitative estimate of drug-likeness (QED) is 0.805. The zero-order chi connectivity index (χ0) is 12.5. The number of carbonyl (C=O) groups is 1. The Labute approximate surface area is 107 Å². The molecule has 2 aliphatic rings. The summed E-state index contributed by atoms with van der Waals surface area (Å²) in [5.41, 5.74) is 2.47. The zero-order valence-corrected chi connectivity index (χ0v) is 10.7. The molecule has 0 unspecified atom stereocenters. The van der Waals surface area contributed by atoms with Crippen molar-refractivity contribution in [3.8, 4) is 5.75 Å². The first kappa shape index (κ1) is 11.4. The van der Waals surface area contributed by atoms with Gasteiger partial charge in [-0.3, -0.25) is 4.79 Å². The van der Waals surface area contributed by atoms with Crippen LogP contribution in [0.5, 0.6) is 5.75 Å². The van der Waals surface area contributed by atoms with Crippen molar-refractivity contribution >= 4 is 11.6 Å². The number of fused-ring (bicyclic) bond motifs is 1. The Morgan fingerprint density at radius 3 is 2.83 bits per heavy atom. The van der Waals surface area contributed by atoms with Gasteiger partial charge in [0.2, 0.25) is 5.91 Å². The average Bonchev–Trinajstić information content (AvgIpc) is 2.69. The van der Waals surface area contributed by atoms with Gasteiger partial charge < -0.3 is 14.5 Å². The minimum atomic E-state index is 0.255. The number of hydrogen-bond donors (Lipinski definition) is 0. The lowest BCUT2D eigenvalue weighted by Gasteiger charge is -2.33. The van der Waals surface area contributed by atoms with E-state index in [9.17, 15) is 4.79 Å². The first-order valence-corrected chi connectivity index (χ1v) is 6.47. The molecule has 0 aromatic heterocycles. The van der Waals surface area contributed by atoms with Crippen molar-refractivity contribution in [2.24, 2.45) is 0 Å². The molecule has 0 N–H and O–H groups in total. The zero-order valence-electron chi connectivity index (χ0n) is 10.7. The van der Waals surface area contributed by atoms with Crippen molar-refractivity contribution in [3.63, 3.8) is 0 Å². The number of methoxy groups -OCH3 is 1. The molecule has 18 heavy (non-hydrogen) atoms. The van der Waals surface area contributed by atoms with Gasteiger partial charge in [-0.25, -0.2) is 0 Å². The van der Waals surface area contributed by atoms with Crippen LogP contribution in [0.4, 0.5) is 5.69 Å². The van der Waals surface area contributed by atoms with Crippen molar-refractivity contribution in [2.45, 2.75) is 12.8 Å². The van der Waals surface area contributed by atoms with Gasteiger partial charge in [0.1, 0.15) is 5.75 Å². The Hall–Kier alpha value is -1.71. The Balaban J connectivity index is 1.72. The van der Waals surface area contributed by atoms with E-state index in [1.54, 1.807) is 7.11 Å². The monoisotopic (exact) mass is 246 g/mol. The molecule has 3 rings (SSSR count). The molecule has 0 radical (unpaired) electrons. The second-order valence-corrected chi connectivity index (χ2v) is 4.90. The minimum absolute atomic E-state index is 0.255. The molecule has 0 aliphatic carbocycles. The van der Waals surface area contributed by atoms with Crippen LogP contribution in [-0.2, 0) is 11.2 Å². The molecule has 1 aromatic carbocycles. The van der Waals surface area contributed by atoms with E-state index in [0.717, 1.165) is 38.2 Å². The molecule has 0 atom stereocenters. The highest BCUT2D eigenvalue weighted by Crippen LogP contribution is 2.31. The number of hydrogen-bond acceptors (Lipinski definition) is 3. The lowest BCUT2D eigenvalue weighted by Crippen LogP contribution is -2.47. The standard InChI is InChI=1S/C14H18N2O2/c1-18-12-3-4-13-11(9-12)5-8-16(13)10-14(17)15-6-2-7-15/h3-4,9H,2,5-8,10H2,1H3. The summed E-state index contributed by atoms with van der Waals surface area (Å²) in [6.07, 6.45) is 2.15. The predicted octanol–water partition coefficient (Wildman–Crippen LogP) is 1.29. The first-order chi connectivity index (χ1) is 8.78. The highest BCUT2D eigenvalue weighted by Gasteiger charge is 2.26.